The lowest BCUT2D eigenvalue weighted by molar-refractivity contribution is 0.487. The smallest absolute Gasteiger partial charge is 0.123 e. The summed E-state index contributed by atoms with van der Waals surface area (Å²) in [4.78, 5) is 3.94. The largest absolute Gasteiger partial charge is 0.384 e. The van der Waals surface area contributed by atoms with E-state index in [-0.39, 0.29) is 6.04 Å². The fourth-order valence-electron chi connectivity index (χ4n) is 1.47. The maximum atomic E-state index is 5.63. The second-order valence-corrected chi connectivity index (χ2v) is 3.87. The van der Waals surface area contributed by atoms with Gasteiger partial charge in [-0.25, -0.2) is 4.98 Å². The van der Waals surface area contributed by atoms with Gasteiger partial charge in [-0.15, -0.1) is 11.6 Å². The van der Waals surface area contributed by atoms with Gasteiger partial charge in [0.15, 0.2) is 0 Å². The Morgan fingerprint density at radius 2 is 2.33 bits per heavy atom. The van der Waals surface area contributed by atoms with Crippen molar-refractivity contribution in [2.75, 3.05) is 11.6 Å². The van der Waals surface area contributed by atoms with Crippen molar-refractivity contribution in [3.8, 4) is 0 Å². The summed E-state index contributed by atoms with van der Waals surface area (Å²) < 4.78 is 0. The molecule has 1 atom stereocenters. The molecule has 0 aromatic carbocycles. The van der Waals surface area contributed by atoms with E-state index in [1.165, 1.54) is 0 Å². The molecule has 1 rings (SSSR count). The highest BCUT2D eigenvalue weighted by molar-refractivity contribution is 6.17. The molecular formula is C10H17ClN4. The minimum atomic E-state index is 0.241. The molecule has 15 heavy (non-hydrogen) atoms. The Morgan fingerprint density at radius 1 is 1.53 bits per heavy atom. The molecule has 0 radical (unpaired) electrons. The molecule has 0 aliphatic heterocycles. The van der Waals surface area contributed by atoms with Gasteiger partial charge in [-0.1, -0.05) is 0 Å². The van der Waals surface area contributed by atoms with Crippen LogP contribution in [-0.4, -0.2) is 16.9 Å². The van der Waals surface area contributed by atoms with Crippen LogP contribution in [0.5, 0.6) is 0 Å². The lowest BCUT2D eigenvalue weighted by Gasteiger charge is -2.15. The number of hydrogen-bond donors (Lipinski definition) is 3. The normalized spacial score (nSPS) is 12.7. The van der Waals surface area contributed by atoms with Crippen molar-refractivity contribution in [3.63, 3.8) is 0 Å². The molecule has 84 valence electrons. The summed E-state index contributed by atoms with van der Waals surface area (Å²) in [6, 6.07) is 4.05. The van der Waals surface area contributed by atoms with Crippen LogP contribution in [0.3, 0.4) is 0 Å². The van der Waals surface area contributed by atoms with Gasteiger partial charge in [0, 0.05) is 18.1 Å². The molecule has 0 fully saturated rings. The Kier molecular flexibility index (Phi) is 5.39. The molecular weight excluding hydrogens is 212 g/mol. The first-order valence-electron chi connectivity index (χ1n) is 4.98. The number of halogens is 1. The maximum Gasteiger partial charge on any atom is 0.123 e. The van der Waals surface area contributed by atoms with E-state index >= 15 is 0 Å². The Morgan fingerprint density at radius 3 is 2.93 bits per heavy atom. The van der Waals surface area contributed by atoms with E-state index in [1.54, 1.807) is 6.20 Å². The van der Waals surface area contributed by atoms with Crippen molar-refractivity contribution in [1.29, 1.82) is 0 Å². The van der Waals surface area contributed by atoms with Crippen molar-refractivity contribution >= 4 is 17.4 Å². The van der Waals surface area contributed by atoms with Crippen LogP contribution in [0.15, 0.2) is 18.3 Å². The van der Waals surface area contributed by atoms with Gasteiger partial charge in [0.1, 0.15) is 5.82 Å². The Balaban J connectivity index is 2.50. The number of pyridine rings is 1. The van der Waals surface area contributed by atoms with Gasteiger partial charge in [-0.3, -0.25) is 11.3 Å². The predicted octanol–water partition coefficient (Wildman–Crippen LogP) is 1.06. The van der Waals surface area contributed by atoms with E-state index < -0.39 is 0 Å². The SMILES string of the molecule is NNC(CCCCl)Cc1ccnc(N)c1. The van der Waals surface area contributed by atoms with Crippen LogP contribution in [0, 0.1) is 0 Å². The van der Waals surface area contributed by atoms with Gasteiger partial charge in [-0.05, 0) is 37.0 Å². The van der Waals surface area contributed by atoms with E-state index in [0.29, 0.717) is 11.7 Å². The maximum absolute atomic E-state index is 5.63. The number of hydrogen-bond acceptors (Lipinski definition) is 4. The summed E-state index contributed by atoms with van der Waals surface area (Å²) in [5, 5.41) is 0. The summed E-state index contributed by atoms with van der Waals surface area (Å²) in [6.07, 6.45) is 4.47. The summed E-state index contributed by atoms with van der Waals surface area (Å²) >= 11 is 5.63. The number of aromatic nitrogens is 1. The highest BCUT2D eigenvalue weighted by Crippen LogP contribution is 2.09. The van der Waals surface area contributed by atoms with Crippen molar-refractivity contribution < 1.29 is 0 Å². The van der Waals surface area contributed by atoms with Crippen LogP contribution in [0.1, 0.15) is 18.4 Å². The van der Waals surface area contributed by atoms with Crippen LogP contribution in [0.25, 0.3) is 0 Å². The molecule has 0 aliphatic rings. The molecule has 0 amide bonds. The second kappa shape index (κ2) is 6.61. The number of nitrogens with two attached hydrogens (primary N) is 2. The van der Waals surface area contributed by atoms with Crippen molar-refractivity contribution in [2.45, 2.75) is 25.3 Å². The summed E-state index contributed by atoms with van der Waals surface area (Å²) in [6.45, 7) is 0. The fourth-order valence-corrected chi connectivity index (χ4v) is 1.63. The highest BCUT2D eigenvalue weighted by atomic mass is 35.5. The first-order chi connectivity index (χ1) is 7.26. The molecule has 0 saturated heterocycles. The fraction of sp³-hybridized carbons (Fsp3) is 0.500. The average Bonchev–Trinajstić information content (AvgIpc) is 2.24. The molecule has 4 nitrogen and oxygen atoms in total. The van der Waals surface area contributed by atoms with Crippen LogP contribution in [-0.2, 0) is 6.42 Å². The van der Waals surface area contributed by atoms with Gasteiger partial charge in [0.05, 0.1) is 0 Å². The summed E-state index contributed by atoms with van der Waals surface area (Å²) in [5.41, 5.74) is 9.52. The predicted molar refractivity (Wildman–Crippen MR) is 63.4 cm³/mol. The van der Waals surface area contributed by atoms with Gasteiger partial charge >= 0.3 is 0 Å². The van der Waals surface area contributed by atoms with E-state index in [0.717, 1.165) is 24.8 Å². The molecule has 0 bridgehead atoms. The van der Waals surface area contributed by atoms with Crippen LogP contribution < -0.4 is 17.0 Å². The molecule has 1 aromatic rings. The van der Waals surface area contributed by atoms with Crippen molar-refractivity contribution in [2.24, 2.45) is 5.84 Å². The molecule has 1 aromatic heterocycles. The lowest BCUT2D eigenvalue weighted by atomic mass is 10.0. The average molecular weight is 229 g/mol. The number of alkyl halides is 1. The molecule has 0 saturated carbocycles. The second-order valence-electron chi connectivity index (χ2n) is 3.49. The van der Waals surface area contributed by atoms with Gasteiger partial charge in [0.25, 0.3) is 0 Å². The topological polar surface area (TPSA) is 77.0 Å². The van der Waals surface area contributed by atoms with Crippen molar-refractivity contribution in [1.82, 2.24) is 10.4 Å². The zero-order chi connectivity index (χ0) is 11.1. The summed E-state index contributed by atoms with van der Waals surface area (Å²) in [5.74, 6) is 6.67. The first kappa shape index (κ1) is 12.2. The highest BCUT2D eigenvalue weighted by Gasteiger charge is 2.07. The Bertz CT molecular complexity index is 293. The quantitative estimate of drug-likeness (QED) is 0.387. The lowest BCUT2D eigenvalue weighted by Crippen LogP contribution is -2.36. The molecule has 0 aliphatic carbocycles. The zero-order valence-corrected chi connectivity index (χ0v) is 9.37. The van der Waals surface area contributed by atoms with E-state index in [2.05, 4.69) is 10.4 Å². The molecule has 1 heterocycles. The summed E-state index contributed by atoms with van der Waals surface area (Å²) in [7, 11) is 0. The zero-order valence-electron chi connectivity index (χ0n) is 8.62. The van der Waals surface area contributed by atoms with E-state index in [4.69, 9.17) is 23.2 Å². The van der Waals surface area contributed by atoms with Crippen molar-refractivity contribution in [3.05, 3.63) is 23.9 Å². The third-order valence-electron chi connectivity index (χ3n) is 2.25. The standard InChI is InChI=1S/C10H17ClN4/c11-4-1-2-9(15-13)6-8-3-5-14-10(12)7-8/h3,5,7,9,15H,1-2,4,6,13H2,(H2,12,14). The van der Waals surface area contributed by atoms with Crippen LogP contribution in [0.2, 0.25) is 0 Å². The van der Waals surface area contributed by atoms with Gasteiger partial charge in [-0.2, -0.15) is 0 Å². The molecule has 0 spiro atoms. The molecule has 1 unspecified atom stereocenters. The number of nitrogen functional groups attached to an aromatic ring is 1. The van der Waals surface area contributed by atoms with Crippen LogP contribution >= 0.6 is 11.6 Å². The monoisotopic (exact) mass is 228 g/mol. The van der Waals surface area contributed by atoms with E-state index in [9.17, 15) is 0 Å². The minimum Gasteiger partial charge on any atom is -0.384 e. The Labute approximate surface area is 95.0 Å². The Hall–Kier alpha value is -0.840. The minimum absolute atomic E-state index is 0.241. The first-order valence-corrected chi connectivity index (χ1v) is 5.52. The third kappa shape index (κ3) is 4.46. The molecule has 5 heteroatoms. The number of anilines is 1. The number of nitrogens with zero attached hydrogens (tertiary/aromatic N) is 1. The third-order valence-corrected chi connectivity index (χ3v) is 2.52. The number of hydrazine groups is 1. The van der Waals surface area contributed by atoms with Gasteiger partial charge < -0.3 is 5.73 Å². The number of rotatable bonds is 6. The van der Waals surface area contributed by atoms with Gasteiger partial charge in [0.2, 0.25) is 0 Å². The van der Waals surface area contributed by atoms with E-state index in [1.807, 2.05) is 12.1 Å². The number of nitrogens with one attached hydrogen (secondary N) is 1. The van der Waals surface area contributed by atoms with Crippen LogP contribution in [0.4, 0.5) is 5.82 Å². The molecule has 5 N–H and O–H groups in total.